The minimum absolute atomic E-state index is 0.173. The van der Waals surface area contributed by atoms with E-state index in [2.05, 4.69) is 15.5 Å². The summed E-state index contributed by atoms with van der Waals surface area (Å²) in [5.41, 5.74) is -1.24. The van der Waals surface area contributed by atoms with Crippen LogP contribution in [0.1, 0.15) is 65.3 Å². The van der Waals surface area contributed by atoms with Gasteiger partial charge in [0.1, 0.15) is 11.6 Å². The van der Waals surface area contributed by atoms with E-state index in [0.717, 1.165) is 5.06 Å². The first-order chi connectivity index (χ1) is 12.5. The van der Waals surface area contributed by atoms with Gasteiger partial charge in [0.15, 0.2) is 0 Å². The summed E-state index contributed by atoms with van der Waals surface area (Å²) >= 11 is 0. The third kappa shape index (κ3) is 4.32. The second-order valence-electron chi connectivity index (χ2n) is 8.75. The lowest BCUT2D eigenvalue weighted by atomic mass is 10.0. The number of nitrogens with one attached hydrogen (secondary N) is 1. The highest BCUT2D eigenvalue weighted by Crippen LogP contribution is 2.37. The van der Waals surface area contributed by atoms with Gasteiger partial charge >= 0.3 is 12.1 Å². The lowest BCUT2D eigenvalue weighted by Crippen LogP contribution is -2.47. The van der Waals surface area contributed by atoms with Gasteiger partial charge in [-0.3, -0.25) is 5.21 Å². The zero-order valence-corrected chi connectivity index (χ0v) is 16.4. The first kappa shape index (κ1) is 19.4. The van der Waals surface area contributed by atoms with Gasteiger partial charge in [0.2, 0.25) is 11.8 Å². The molecule has 2 fully saturated rings. The maximum absolute atomic E-state index is 12.1. The molecule has 0 radical (unpaired) electrons. The Bertz CT molecular complexity index is 726. The van der Waals surface area contributed by atoms with Crippen LogP contribution < -0.4 is 5.32 Å². The Morgan fingerprint density at radius 1 is 1.30 bits per heavy atom. The molecule has 0 aliphatic carbocycles. The van der Waals surface area contributed by atoms with Crippen molar-refractivity contribution in [1.82, 2.24) is 25.5 Å². The van der Waals surface area contributed by atoms with Crippen molar-refractivity contribution in [1.29, 1.82) is 0 Å². The maximum Gasteiger partial charge on any atom is 0.408 e. The predicted octanol–water partition coefficient (Wildman–Crippen LogP) is 2.25. The number of aromatic nitrogens is 2. The largest absolute Gasteiger partial charge is 0.444 e. The second-order valence-corrected chi connectivity index (χ2v) is 8.75. The van der Waals surface area contributed by atoms with Crippen LogP contribution in [0, 0.1) is 0 Å². The maximum atomic E-state index is 12.1. The molecular formula is C17H27N5O5. The zero-order chi connectivity index (χ0) is 20.0. The van der Waals surface area contributed by atoms with Crippen LogP contribution in [0.25, 0.3) is 0 Å². The van der Waals surface area contributed by atoms with Gasteiger partial charge in [0.25, 0.3) is 0 Å². The summed E-state index contributed by atoms with van der Waals surface area (Å²) in [5, 5.41) is 21.5. The number of alkyl carbamates (subject to hydrolysis) is 1. The van der Waals surface area contributed by atoms with Crippen molar-refractivity contribution in [3.05, 3.63) is 11.8 Å². The number of hydroxylamine groups is 2. The molecular weight excluding hydrogens is 354 g/mol. The van der Waals surface area contributed by atoms with E-state index in [1.54, 1.807) is 25.7 Å². The number of hydrogen-bond donors (Lipinski definition) is 2. The number of fused-ring (bicyclic) bond motifs is 2. The number of nitrogens with zero attached hydrogens (tertiary/aromatic N) is 4. The molecule has 0 saturated carbocycles. The summed E-state index contributed by atoms with van der Waals surface area (Å²) in [6, 6.07) is -0.948. The molecule has 2 aliphatic heterocycles. The number of piperidine rings is 1. The van der Waals surface area contributed by atoms with Gasteiger partial charge in [0, 0.05) is 18.5 Å². The molecule has 3 amide bonds. The lowest BCUT2D eigenvalue weighted by molar-refractivity contribution is -0.0584. The normalized spacial score (nSPS) is 23.0. The average Bonchev–Trinajstić information content (AvgIpc) is 3.05. The van der Waals surface area contributed by atoms with Gasteiger partial charge in [0.05, 0.1) is 6.04 Å². The van der Waals surface area contributed by atoms with Gasteiger partial charge in [-0.2, -0.15) is 0 Å². The molecule has 3 heterocycles. The molecule has 1 aromatic heterocycles. The first-order valence-corrected chi connectivity index (χ1v) is 9.07. The van der Waals surface area contributed by atoms with Crippen LogP contribution in [0.15, 0.2) is 4.42 Å². The fraction of sp³-hybridized carbons (Fsp3) is 0.765. The molecule has 150 valence electrons. The standard InChI is InChI=1S/C17H27N5O5/c1-16(2,3)27-14(23)18-17(4,5)8-12-19-20-13(26-12)11-7-6-10-9-21(11)15(24)22(10)25/h10-11,25H,6-9H2,1-5H3,(H,18,23)/t10-,11-/m0/s1. The van der Waals surface area contributed by atoms with Gasteiger partial charge < -0.3 is 19.4 Å². The van der Waals surface area contributed by atoms with Crippen molar-refractivity contribution < 1.29 is 24.0 Å². The number of ether oxygens (including phenoxy) is 1. The number of urea groups is 1. The first-order valence-electron chi connectivity index (χ1n) is 9.07. The Balaban J connectivity index is 1.64. The Labute approximate surface area is 157 Å². The van der Waals surface area contributed by atoms with Crippen LogP contribution in [0.3, 0.4) is 0 Å². The Morgan fingerprint density at radius 2 is 2.00 bits per heavy atom. The third-order valence-corrected chi connectivity index (χ3v) is 4.54. The monoisotopic (exact) mass is 381 g/mol. The topological polar surface area (TPSA) is 121 Å². The Kier molecular flexibility index (Phi) is 4.79. The Morgan fingerprint density at radius 3 is 2.67 bits per heavy atom. The molecule has 0 aromatic carbocycles. The lowest BCUT2D eigenvalue weighted by Gasteiger charge is -2.28. The molecule has 0 spiro atoms. The van der Waals surface area contributed by atoms with Gasteiger partial charge in [-0.1, -0.05) is 0 Å². The summed E-state index contributed by atoms with van der Waals surface area (Å²) in [6.07, 6.45) is 1.12. The van der Waals surface area contributed by atoms with E-state index in [0.29, 0.717) is 37.6 Å². The molecule has 2 N–H and O–H groups in total. The summed E-state index contributed by atoms with van der Waals surface area (Å²) in [6.45, 7) is 9.51. The summed E-state index contributed by atoms with van der Waals surface area (Å²) < 4.78 is 11.0. The quantitative estimate of drug-likeness (QED) is 0.767. The zero-order valence-electron chi connectivity index (χ0n) is 16.4. The van der Waals surface area contributed by atoms with E-state index in [1.165, 1.54) is 0 Å². The van der Waals surface area contributed by atoms with E-state index in [9.17, 15) is 14.8 Å². The molecule has 2 saturated heterocycles. The molecule has 2 bridgehead atoms. The number of carbonyl (C=O) groups is 2. The van der Waals surface area contributed by atoms with Crippen molar-refractivity contribution in [3.63, 3.8) is 0 Å². The fourth-order valence-corrected chi connectivity index (χ4v) is 3.38. The molecule has 3 rings (SSSR count). The molecule has 2 aliphatic rings. The number of rotatable bonds is 4. The predicted molar refractivity (Wildman–Crippen MR) is 92.9 cm³/mol. The molecule has 10 nitrogen and oxygen atoms in total. The van der Waals surface area contributed by atoms with E-state index in [4.69, 9.17) is 9.15 Å². The van der Waals surface area contributed by atoms with Crippen LogP contribution in [0.5, 0.6) is 0 Å². The van der Waals surface area contributed by atoms with Crippen LogP contribution in [-0.2, 0) is 11.2 Å². The van der Waals surface area contributed by atoms with Crippen LogP contribution in [0.2, 0.25) is 0 Å². The van der Waals surface area contributed by atoms with Crippen molar-refractivity contribution in [2.24, 2.45) is 0 Å². The van der Waals surface area contributed by atoms with Crippen molar-refractivity contribution in [3.8, 4) is 0 Å². The highest BCUT2D eigenvalue weighted by molar-refractivity contribution is 5.76. The highest BCUT2D eigenvalue weighted by Gasteiger charge is 2.46. The Hall–Kier alpha value is -2.36. The van der Waals surface area contributed by atoms with Gasteiger partial charge in [-0.05, 0) is 47.5 Å². The smallest absolute Gasteiger partial charge is 0.408 e. The average molecular weight is 381 g/mol. The summed E-state index contributed by atoms with van der Waals surface area (Å²) in [5.74, 6) is 0.709. The van der Waals surface area contributed by atoms with E-state index in [1.807, 2.05) is 13.8 Å². The number of amides is 3. The van der Waals surface area contributed by atoms with Crippen LogP contribution >= 0.6 is 0 Å². The molecule has 1 aromatic rings. The minimum atomic E-state index is -0.658. The SMILES string of the molecule is CC(C)(Cc1nnc([C@@H]2CC[C@H]3CN2C(=O)N3O)o1)NC(=O)OC(C)(C)C. The third-order valence-electron chi connectivity index (χ3n) is 4.54. The fourth-order valence-electron chi connectivity index (χ4n) is 3.38. The van der Waals surface area contributed by atoms with Gasteiger partial charge in [-0.15, -0.1) is 10.2 Å². The summed E-state index contributed by atoms with van der Waals surface area (Å²) in [7, 11) is 0. The van der Waals surface area contributed by atoms with Gasteiger partial charge in [-0.25, -0.2) is 14.7 Å². The van der Waals surface area contributed by atoms with E-state index >= 15 is 0 Å². The second kappa shape index (κ2) is 6.66. The highest BCUT2D eigenvalue weighted by atomic mass is 16.6. The molecule has 27 heavy (non-hydrogen) atoms. The molecule has 0 unspecified atom stereocenters. The number of carbonyl (C=O) groups excluding carboxylic acids is 2. The van der Waals surface area contributed by atoms with Crippen molar-refractivity contribution in [2.75, 3.05) is 6.54 Å². The molecule has 10 heteroatoms. The van der Waals surface area contributed by atoms with Crippen LogP contribution in [-0.4, -0.2) is 61.2 Å². The van der Waals surface area contributed by atoms with Crippen molar-refractivity contribution >= 4 is 12.1 Å². The van der Waals surface area contributed by atoms with E-state index in [-0.39, 0.29) is 12.1 Å². The number of hydrogen-bond acceptors (Lipinski definition) is 7. The van der Waals surface area contributed by atoms with E-state index < -0.39 is 23.3 Å². The van der Waals surface area contributed by atoms with Crippen LogP contribution in [0.4, 0.5) is 9.59 Å². The van der Waals surface area contributed by atoms with Crippen molar-refractivity contribution in [2.45, 2.75) is 77.1 Å². The summed E-state index contributed by atoms with van der Waals surface area (Å²) in [4.78, 5) is 25.6. The minimum Gasteiger partial charge on any atom is -0.444 e. The molecule has 2 atom stereocenters.